The van der Waals surface area contributed by atoms with E-state index in [1.165, 1.54) is 6.92 Å². The Morgan fingerprint density at radius 1 is 1.55 bits per heavy atom. The molecule has 0 heterocycles. The van der Waals surface area contributed by atoms with E-state index in [0.29, 0.717) is 10.6 Å². The molecule has 0 radical (unpaired) electrons. The molecule has 0 aromatic heterocycles. The van der Waals surface area contributed by atoms with Gasteiger partial charge in [-0.1, -0.05) is 11.6 Å². The average Bonchev–Trinajstić information content (AvgIpc) is 2.13. The summed E-state index contributed by atoms with van der Waals surface area (Å²) in [7, 11) is 0. The molecule has 0 atom stereocenters. The lowest BCUT2D eigenvalue weighted by atomic mass is 10.2. The Hall–Kier alpha value is -1.04. The average molecular weight is 167 g/mol. The van der Waals surface area contributed by atoms with Crippen molar-refractivity contribution in [1.82, 2.24) is 0 Å². The van der Waals surface area contributed by atoms with Crippen LogP contribution in [0, 0.1) is 0 Å². The van der Waals surface area contributed by atoms with Crippen LogP contribution in [-0.4, -0.2) is 5.78 Å². The first-order valence-electron chi connectivity index (χ1n) is 3.21. The van der Waals surface area contributed by atoms with E-state index in [0.717, 1.165) is 0 Å². The Labute approximate surface area is 70.4 Å². The maximum absolute atomic E-state index is 10.8. The first-order valence-corrected chi connectivity index (χ1v) is 3.59. The number of Topliss-reactive ketones (excluding diaryl/α,β-unsaturated/α-hetero) is 1. The largest absolute Gasteiger partial charge is 0.294 e. The summed E-state index contributed by atoms with van der Waals surface area (Å²) < 4.78 is 0. The topological polar surface area (TPSA) is 17.1 Å². The van der Waals surface area contributed by atoms with Crippen LogP contribution in [0.3, 0.4) is 0 Å². The molecule has 0 amide bonds. The molecule has 0 bridgehead atoms. The smallest absolute Gasteiger partial charge is 0.167 e. The summed E-state index contributed by atoms with van der Waals surface area (Å²) in [6.07, 6.45) is 6.66. The van der Waals surface area contributed by atoms with Gasteiger partial charge < -0.3 is 0 Å². The van der Waals surface area contributed by atoms with E-state index in [4.69, 9.17) is 11.6 Å². The minimum atomic E-state index is -0.00253. The van der Waals surface area contributed by atoms with Crippen molar-refractivity contribution in [3.8, 4) is 0 Å². The van der Waals surface area contributed by atoms with Crippen molar-refractivity contribution in [2.45, 2.75) is 6.92 Å². The molecule has 0 saturated heterocycles. The highest BCUT2D eigenvalue weighted by molar-refractivity contribution is 6.31. The van der Waals surface area contributed by atoms with Crippen LogP contribution in [0.15, 0.2) is 40.6 Å². The summed E-state index contributed by atoms with van der Waals surface area (Å²) in [5.41, 5.74) is 3.36. The minimum Gasteiger partial charge on any atom is -0.294 e. The number of ketones is 1. The molecular weight excluding hydrogens is 160 g/mol. The fraction of sp³-hybridized carbons (Fsp3) is 0.111. The van der Waals surface area contributed by atoms with Gasteiger partial charge >= 0.3 is 0 Å². The molecule has 0 N–H and O–H groups in total. The molecule has 1 rings (SSSR count). The molecule has 1 nitrogen and oxygen atoms in total. The maximum atomic E-state index is 10.8. The van der Waals surface area contributed by atoms with E-state index in [1.807, 2.05) is 0 Å². The molecule has 56 valence electrons. The van der Waals surface area contributed by atoms with Crippen LogP contribution < -0.4 is 0 Å². The van der Waals surface area contributed by atoms with Crippen molar-refractivity contribution in [3.05, 3.63) is 40.6 Å². The standard InChI is InChI=1S/C9H7ClO/c1-7(11)8-3-2-4-9(10)6-5-8/h2,4-6H,1H3. The number of allylic oxidation sites excluding steroid dienone is 5. The highest BCUT2D eigenvalue weighted by Gasteiger charge is 1.98. The molecular formula is C9H7ClO. The summed E-state index contributed by atoms with van der Waals surface area (Å²) in [5, 5.41) is 0.605. The van der Waals surface area contributed by atoms with E-state index >= 15 is 0 Å². The molecule has 0 aliphatic heterocycles. The summed E-state index contributed by atoms with van der Waals surface area (Å²) in [4.78, 5) is 10.8. The molecule has 0 saturated carbocycles. The Kier molecular flexibility index (Phi) is 2.48. The maximum Gasteiger partial charge on any atom is 0.167 e. The Morgan fingerprint density at radius 3 is 2.91 bits per heavy atom. The third-order valence-electron chi connectivity index (χ3n) is 1.27. The van der Waals surface area contributed by atoms with Crippen molar-refractivity contribution >= 4 is 17.4 Å². The molecule has 1 aliphatic rings. The molecule has 0 fully saturated rings. The summed E-state index contributed by atoms with van der Waals surface area (Å²) in [6, 6.07) is 0. The third-order valence-corrected chi connectivity index (χ3v) is 1.52. The van der Waals surface area contributed by atoms with Crippen molar-refractivity contribution in [3.63, 3.8) is 0 Å². The molecule has 2 heteroatoms. The Morgan fingerprint density at radius 2 is 2.27 bits per heavy atom. The molecule has 11 heavy (non-hydrogen) atoms. The lowest BCUT2D eigenvalue weighted by Gasteiger charge is -1.87. The van der Waals surface area contributed by atoms with Crippen LogP contribution >= 0.6 is 11.6 Å². The van der Waals surface area contributed by atoms with Crippen molar-refractivity contribution in [2.24, 2.45) is 0 Å². The number of hydrogen-bond acceptors (Lipinski definition) is 1. The van der Waals surface area contributed by atoms with E-state index < -0.39 is 0 Å². The molecule has 0 aromatic carbocycles. The first kappa shape index (κ1) is 8.06. The summed E-state index contributed by atoms with van der Waals surface area (Å²) >= 11 is 5.67. The fourth-order valence-electron chi connectivity index (χ4n) is 0.697. The zero-order valence-electron chi connectivity index (χ0n) is 6.10. The van der Waals surface area contributed by atoms with Gasteiger partial charge in [-0.15, -0.1) is 5.73 Å². The summed E-state index contributed by atoms with van der Waals surface area (Å²) in [5.74, 6) is -0.00253. The van der Waals surface area contributed by atoms with Gasteiger partial charge in [-0.2, -0.15) is 0 Å². The second-order valence-electron chi connectivity index (χ2n) is 2.17. The van der Waals surface area contributed by atoms with Gasteiger partial charge in [0.15, 0.2) is 5.78 Å². The number of hydrogen-bond donors (Lipinski definition) is 0. The van der Waals surface area contributed by atoms with E-state index in [1.54, 1.807) is 24.3 Å². The molecule has 1 aliphatic carbocycles. The Balaban J connectivity index is 2.99. The third kappa shape index (κ3) is 2.23. The van der Waals surface area contributed by atoms with Gasteiger partial charge in [0.25, 0.3) is 0 Å². The number of rotatable bonds is 1. The number of carbonyl (C=O) groups excluding carboxylic acids is 1. The van der Waals surface area contributed by atoms with Gasteiger partial charge in [-0.3, -0.25) is 4.79 Å². The predicted octanol–water partition coefficient (Wildman–Crippen LogP) is 2.35. The predicted molar refractivity (Wildman–Crippen MR) is 45.4 cm³/mol. The second kappa shape index (κ2) is 3.38. The highest BCUT2D eigenvalue weighted by Crippen LogP contribution is 2.09. The van der Waals surface area contributed by atoms with E-state index in [-0.39, 0.29) is 5.78 Å². The van der Waals surface area contributed by atoms with Gasteiger partial charge in [0, 0.05) is 5.03 Å². The summed E-state index contributed by atoms with van der Waals surface area (Å²) in [6.45, 7) is 1.50. The van der Waals surface area contributed by atoms with Crippen LogP contribution in [0.25, 0.3) is 0 Å². The highest BCUT2D eigenvalue weighted by atomic mass is 35.5. The van der Waals surface area contributed by atoms with Crippen LogP contribution in [0.5, 0.6) is 0 Å². The Bertz CT molecular complexity index is 302. The molecule has 0 spiro atoms. The molecule has 0 aromatic rings. The second-order valence-corrected chi connectivity index (χ2v) is 2.60. The molecule has 0 unspecified atom stereocenters. The van der Waals surface area contributed by atoms with Crippen LogP contribution in [-0.2, 0) is 4.79 Å². The monoisotopic (exact) mass is 166 g/mol. The first-order chi connectivity index (χ1) is 5.20. The van der Waals surface area contributed by atoms with Crippen LogP contribution in [0.2, 0.25) is 0 Å². The van der Waals surface area contributed by atoms with Gasteiger partial charge in [0.1, 0.15) is 0 Å². The van der Waals surface area contributed by atoms with Gasteiger partial charge in [0.05, 0.1) is 5.57 Å². The van der Waals surface area contributed by atoms with Gasteiger partial charge in [0.2, 0.25) is 0 Å². The zero-order chi connectivity index (χ0) is 8.27. The van der Waals surface area contributed by atoms with Crippen molar-refractivity contribution in [2.75, 3.05) is 0 Å². The fourth-order valence-corrected chi connectivity index (χ4v) is 0.823. The SMILES string of the molecule is CC(=O)C1=C=CC=C(Cl)C=C1. The zero-order valence-corrected chi connectivity index (χ0v) is 6.85. The minimum absolute atomic E-state index is 0.00253. The lowest BCUT2D eigenvalue weighted by molar-refractivity contribution is -0.113. The van der Waals surface area contributed by atoms with E-state index in [9.17, 15) is 4.79 Å². The number of halogens is 1. The van der Waals surface area contributed by atoms with Crippen molar-refractivity contribution < 1.29 is 4.79 Å². The lowest BCUT2D eigenvalue weighted by Crippen LogP contribution is -1.90. The van der Waals surface area contributed by atoms with Crippen molar-refractivity contribution in [1.29, 1.82) is 0 Å². The quantitative estimate of drug-likeness (QED) is 0.547. The van der Waals surface area contributed by atoms with E-state index in [2.05, 4.69) is 5.73 Å². The van der Waals surface area contributed by atoms with Crippen LogP contribution in [0.4, 0.5) is 0 Å². The van der Waals surface area contributed by atoms with Gasteiger partial charge in [-0.05, 0) is 31.2 Å². The van der Waals surface area contributed by atoms with Crippen LogP contribution in [0.1, 0.15) is 6.92 Å². The number of carbonyl (C=O) groups is 1. The van der Waals surface area contributed by atoms with Gasteiger partial charge in [-0.25, -0.2) is 0 Å². The normalized spacial score (nSPS) is 15.5.